The molecule has 0 saturated carbocycles. The fourth-order valence-electron chi connectivity index (χ4n) is 2.97. The predicted octanol–water partition coefficient (Wildman–Crippen LogP) is 2.21. The number of amides is 1. The van der Waals surface area contributed by atoms with E-state index in [1.54, 1.807) is 7.05 Å². The number of nitrogens with one attached hydrogen (secondary N) is 2. The van der Waals surface area contributed by atoms with Gasteiger partial charge in [-0.2, -0.15) is 0 Å². The molecule has 21 heavy (non-hydrogen) atoms. The molecule has 1 amide bonds. The van der Waals surface area contributed by atoms with Crippen LogP contribution in [0.4, 0.5) is 5.69 Å². The molecule has 0 aromatic heterocycles. The van der Waals surface area contributed by atoms with Gasteiger partial charge in [-0.15, -0.1) is 0 Å². The highest BCUT2D eigenvalue weighted by molar-refractivity contribution is 5.86. The number of aryl methyl sites for hydroxylation is 1. The number of nitrogens with zero attached hydrogens (tertiary/aromatic N) is 1. The number of benzene rings is 1. The predicted molar refractivity (Wildman–Crippen MR) is 87.6 cm³/mol. The summed E-state index contributed by atoms with van der Waals surface area (Å²) in [6.07, 6.45) is 2.02. The Labute approximate surface area is 127 Å². The van der Waals surface area contributed by atoms with Gasteiger partial charge in [0.2, 0.25) is 5.91 Å². The lowest BCUT2D eigenvalue weighted by Crippen LogP contribution is -2.42. The van der Waals surface area contributed by atoms with Gasteiger partial charge in [0, 0.05) is 31.9 Å². The maximum Gasteiger partial charge on any atom is 0.242 e. The molecule has 1 aliphatic heterocycles. The van der Waals surface area contributed by atoms with Gasteiger partial charge in [-0.25, -0.2) is 0 Å². The van der Waals surface area contributed by atoms with Crippen molar-refractivity contribution in [3.8, 4) is 0 Å². The van der Waals surface area contributed by atoms with Crippen molar-refractivity contribution in [2.75, 3.05) is 18.5 Å². The van der Waals surface area contributed by atoms with Gasteiger partial charge < -0.3 is 15.5 Å². The molecule has 1 aromatic rings. The first-order chi connectivity index (χ1) is 10.0. The molecule has 4 nitrogen and oxygen atoms in total. The van der Waals surface area contributed by atoms with Gasteiger partial charge in [-0.3, -0.25) is 4.79 Å². The standard InChI is InChI=1S/C17H27N3O/c1-12(2)19-11-14-7-8-15(13(3)10-14)20-9-5-6-16(20)17(21)18-4/h7-8,10,12,16,19H,5-6,9,11H2,1-4H3,(H,18,21). The minimum absolute atomic E-state index is 0.0201. The summed E-state index contributed by atoms with van der Waals surface area (Å²) >= 11 is 0. The molecular formula is C17H27N3O. The lowest BCUT2D eigenvalue weighted by atomic mass is 10.1. The van der Waals surface area contributed by atoms with Crippen molar-refractivity contribution in [1.29, 1.82) is 0 Å². The molecular weight excluding hydrogens is 262 g/mol. The highest BCUT2D eigenvalue weighted by Crippen LogP contribution is 2.29. The molecule has 0 radical (unpaired) electrons. The Morgan fingerprint density at radius 3 is 2.81 bits per heavy atom. The lowest BCUT2D eigenvalue weighted by molar-refractivity contribution is -0.121. The van der Waals surface area contributed by atoms with Gasteiger partial charge in [0.1, 0.15) is 6.04 Å². The van der Waals surface area contributed by atoms with Crippen molar-refractivity contribution in [3.05, 3.63) is 29.3 Å². The topological polar surface area (TPSA) is 44.4 Å². The molecule has 0 spiro atoms. The van der Waals surface area contributed by atoms with Crippen molar-refractivity contribution in [3.63, 3.8) is 0 Å². The molecule has 0 bridgehead atoms. The summed E-state index contributed by atoms with van der Waals surface area (Å²) in [4.78, 5) is 14.2. The van der Waals surface area contributed by atoms with Crippen LogP contribution in [0.3, 0.4) is 0 Å². The molecule has 2 rings (SSSR count). The van der Waals surface area contributed by atoms with E-state index in [9.17, 15) is 4.79 Å². The summed E-state index contributed by atoms with van der Waals surface area (Å²) in [5.74, 6) is 0.123. The summed E-state index contributed by atoms with van der Waals surface area (Å²) in [6.45, 7) is 8.28. The van der Waals surface area contributed by atoms with E-state index >= 15 is 0 Å². The van der Waals surface area contributed by atoms with Crippen LogP contribution >= 0.6 is 0 Å². The van der Waals surface area contributed by atoms with E-state index in [1.165, 1.54) is 16.8 Å². The highest BCUT2D eigenvalue weighted by Gasteiger charge is 2.30. The molecule has 1 unspecified atom stereocenters. The number of hydrogen-bond acceptors (Lipinski definition) is 3. The van der Waals surface area contributed by atoms with E-state index in [0.29, 0.717) is 6.04 Å². The fraction of sp³-hybridized carbons (Fsp3) is 0.588. The Morgan fingerprint density at radius 1 is 1.43 bits per heavy atom. The molecule has 1 atom stereocenters. The number of carbonyl (C=O) groups excluding carboxylic acids is 1. The Kier molecular flexibility index (Phi) is 5.23. The monoisotopic (exact) mass is 289 g/mol. The Bertz CT molecular complexity index is 499. The molecule has 2 N–H and O–H groups in total. The van der Waals surface area contributed by atoms with Crippen molar-refractivity contribution < 1.29 is 4.79 Å². The van der Waals surface area contributed by atoms with Gasteiger partial charge in [-0.1, -0.05) is 26.0 Å². The SMILES string of the molecule is CNC(=O)C1CCCN1c1ccc(CNC(C)C)cc1C. The van der Waals surface area contributed by atoms with Gasteiger partial charge >= 0.3 is 0 Å². The quantitative estimate of drug-likeness (QED) is 0.873. The largest absolute Gasteiger partial charge is 0.359 e. The molecule has 1 saturated heterocycles. The van der Waals surface area contributed by atoms with Crippen LogP contribution in [0.15, 0.2) is 18.2 Å². The zero-order valence-electron chi connectivity index (χ0n) is 13.6. The number of anilines is 1. The first-order valence-electron chi connectivity index (χ1n) is 7.84. The van der Waals surface area contributed by atoms with Crippen molar-refractivity contribution >= 4 is 11.6 Å². The van der Waals surface area contributed by atoms with Crippen molar-refractivity contribution in [2.45, 2.75) is 52.2 Å². The van der Waals surface area contributed by atoms with Crippen LogP contribution in [0.5, 0.6) is 0 Å². The van der Waals surface area contributed by atoms with E-state index in [4.69, 9.17) is 0 Å². The molecule has 4 heteroatoms. The Hall–Kier alpha value is -1.55. The summed E-state index contributed by atoms with van der Waals surface area (Å²) in [7, 11) is 1.71. The van der Waals surface area contributed by atoms with Gasteiger partial charge in [0.15, 0.2) is 0 Å². The van der Waals surface area contributed by atoms with E-state index in [2.05, 4.69) is 54.5 Å². The second kappa shape index (κ2) is 6.94. The molecule has 116 valence electrons. The normalized spacial score (nSPS) is 18.3. The third-order valence-corrected chi connectivity index (χ3v) is 4.09. The van der Waals surface area contributed by atoms with E-state index in [-0.39, 0.29) is 11.9 Å². The van der Waals surface area contributed by atoms with Crippen LogP contribution in [0.25, 0.3) is 0 Å². The van der Waals surface area contributed by atoms with Crippen LogP contribution in [-0.4, -0.2) is 31.6 Å². The fourth-order valence-corrected chi connectivity index (χ4v) is 2.97. The van der Waals surface area contributed by atoms with Gasteiger partial charge in [0.05, 0.1) is 0 Å². The summed E-state index contributed by atoms with van der Waals surface area (Å²) in [6, 6.07) is 7.02. The van der Waals surface area contributed by atoms with Crippen LogP contribution in [-0.2, 0) is 11.3 Å². The first kappa shape index (κ1) is 15.8. The van der Waals surface area contributed by atoms with E-state index in [0.717, 1.165) is 25.9 Å². The number of likely N-dealkylation sites (N-methyl/N-ethyl adjacent to an activating group) is 1. The summed E-state index contributed by atoms with van der Waals surface area (Å²) < 4.78 is 0. The third-order valence-electron chi connectivity index (χ3n) is 4.09. The zero-order valence-corrected chi connectivity index (χ0v) is 13.6. The minimum Gasteiger partial charge on any atom is -0.359 e. The second-order valence-corrected chi connectivity index (χ2v) is 6.12. The van der Waals surface area contributed by atoms with Gasteiger partial charge in [0.25, 0.3) is 0 Å². The average Bonchev–Trinajstić information content (AvgIpc) is 2.93. The molecule has 1 aromatic carbocycles. The Balaban J connectivity index is 2.14. The van der Waals surface area contributed by atoms with Crippen LogP contribution in [0.2, 0.25) is 0 Å². The van der Waals surface area contributed by atoms with Crippen LogP contribution < -0.4 is 15.5 Å². The van der Waals surface area contributed by atoms with Crippen LogP contribution in [0, 0.1) is 6.92 Å². The van der Waals surface area contributed by atoms with E-state index in [1.807, 2.05) is 0 Å². The second-order valence-electron chi connectivity index (χ2n) is 6.12. The summed E-state index contributed by atoms with van der Waals surface area (Å²) in [5.41, 5.74) is 3.73. The smallest absolute Gasteiger partial charge is 0.242 e. The lowest BCUT2D eigenvalue weighted by Gasteiger charge is -2.27. The van der Waals surface area contributed by atoms with Gasteiger partial charge in [-0.05, 0) is 37.0 Å². The molecule has 0 aliphatic carbocycles. The molecule has 1 fully saturated rings. The highest BCUT2D eigenvalue weighted by atomic mass is 16.2. The third kappa shape index (κ3) is 3.76. The summed E-state index contributed by atoms with van der Waals surface area (Å²) in [5, 5.41) is 6.22. The maximum absolute atomic E-state index is 12.0. The molecule has 1 heterocycles. The van der Waals surface area contributed by atoms with E-state index < -0.39 is 0 Å². The minimum atomic E-state index is -0.0201. The molecule has 1 aliphatic rings. The zero-order chi connectivity index (χ0) is 15.4. The number of rotatable bonds is 5. The van der Waals surface area contributed by atoms with Crippen molar-refractivity contribution in [1.82, 2.24) is 10.6 Å². The first-order valence-corrected chi connectivity index (χ1v) is 7.84. The number of carbonyl (C=O) groups is 1. The van der Waals surface area contributed by atoms with Crippen molar-refractivity contribution in [2.24, 2.45) is 0 Å². The Morgan fingerprint density at radius 2 is 2.19 bits per heavy atom. The van der Waals surface area contributed by atoms with Crippen LogP contribution in [0.1, 0.15) is 37.8 Å². The maximum atomic E-state index is 12.0. The average molecular weight is 289 g/mol. The number of hydrogen-bond donors (Lipinski definition) is 2.